The molecule has 15 heavy (non-hydrogen) atoms. The van der Waals surface area contributed by atoms with Crippen molar-refractivity contribution in [2.45, 2.75) is 25.9 Å². The number of ether oxygens (including phenoxy) is 1. The molecule has 1 aliphatic heterocycles. The van der Waals surface area contributed by atoms with Crippen LogP contribution < -0.4 is 5.32 Å². The zero-order chi connectivity index (χ0) is 11.3. The van der Waals surface area contributed by atoms with E-state index in [4.69, 9.17) is 4.74 Å². The molecule has 1 amide bonds. The molecule has 0 saturated carbocycles. The van der Waals surface area contributed by atoms with Crippen LogP contribution in [-0.4, -0.2) is 49.6 Å². The van der Waals surface area contributed by atoms with Crippen LogP contribution >= 0.6 is 0 Å². The minimum absolute atomic E-state index is 0.00141. The molecule has 1 fully saturated rings. The molecule has 1 N–H and O–H groups in total. The summed E-state index contributed by atoms with van der Waals surface area (Å²) in [6.07, 6.45) is 1.81. The normalized spacial score (nSPS) is 22.1. The van der Waals surface area contributed by atoms with Crippen LogP contribution in [0.5, 0.6) is 0 Å². The van der Waals surface area contributed by atoms with Crippen molar-refractivity contribution in [3.8, 4) is 0 Å². The van der Waals surface area contributed by atoms with Gasteiger partial charge in [0, 0.05) is 20.5 Å². The number of hydrogen-bond acceptors (Lipinski definition) is 4. The molecule has 5 heteroatoms. The molecule has 0 aromatic carbocycles. The van der Waals surface area contributed by atoms with Gasteiger partial charge in [-0.15, -0.1) is 0 Å². The van der Waals surface area contributed by atoms with Gasteiger partial charge in [0.25, 0.3) is 0 Å². The average molecular weight is 214 g/mol. The summed E-state index contributed by atoms with van der Waals surface area (Å²) in [4.78, 5) is 23.9. The Balaban J connectivity index is 2.35. The Labute approximate surface area is 89.8 Å². The quantitative estimate of drug-likeness (QED) is 0.659. The first-order chi connectivity index (χ1) is 7.11. The number of carbonyl (C=O) groups excluding carboxylic acids is 2. The van der Waals surface area contributed by atoms with Gasteiger partial charge in [0.1, 0.15) is 6.10 Å². The van der Waals surface area contributed by atoms with Gasteiger partial charge in [0.05, 0.1) is 6.54 Å². The van der Waals surface area contributed by atoms with Gasteiger partial charge in [0.15, 0.2) is 0 Å². The van der Waals surface area contributed by atoms with E-state index >= 15 is 0 Å². The number of nitrogens with one attached hydrogen (secondary N) is 1. The summed E-state index contributed by atoms with van der Waals surface area (Å²) in [5.74, 6) is -0.250. The molecule has 0 aliphatic carbocycles. The van der Waals surface area contributed by atoms with Crippen LogP contribution in [0.3, 0.4) is 0 Å². The minimum atomic E-state index is -0.248. The predicted octanol–water partition coefficient (Wildman–Crippen LogP) is -0.240. The number of likely N-dealkylation sites (tertiary alicyclic amines) is 1. The Morgan fingerprint density at radius 3 is 2.87 bits per heavy atom. The maximum atomic E-state index is 11.1. The van der Waals surface area contributed by atoms with Crippen LogP contribution in [0.15, 0.2) is 0 Å². The lowest BCUT2D eigenvalue weighted by Gasteiger charge is -2.31. The second-order valence-corrected chi connectivity index (χ2v) is 3.78. The van der Waals surface area contributed by atoms with E-state index in [0.29, 0.717) is 13.1 Å². The van der Waals surface area contributed by atoms with Crippen molar-refractivity contribution in [2.75, 3.05) is 26.7 Å². The maximum absolute atomic E-state index is 11.1. The number of rotatable bonds is 3. The molecule has 1 aliphatic rings. The van der Waals surface area contributed by atoms with E-state index in [1.807, 2.05) is 4.90 Å². The van der Waals surface area contributed by atoms with Crippen molar-refractivity contribution in [2.24, 2.45) is 0 Å². The van der Waals surface area contributed by atoms with Crippen molar-refractivity contribution < 1.29 is 14.3 Å². The van der Waals surface area contributed by atoms with E-state index in [0.717, 1.165) is 19.4 Å². The summed E-state index contributed by atoms with van der Waals surface area (Å²) in [5, 5.41) is 2.58. The molecule has 0 spiro atoms. The van der Waals surface area contributed by atoms with Crippen molar-refractivity contribution in [3.63, 3.8) is 0 Å². The molecule has 1 rings (SSSR count). The van der Waals surface area contributed by atoms with Crippen LogP contribution in [0, 0.1) is 0 Å². The highest BCUT2D eigenvalue weighted by molar-refractivity contribution is 5.77. The Hall–Kier alpha value is -1.10. The lowest BCUT2D eigenvalue weighted by atomic mass is 10.1. The number of carbonyl (C=O) groups is 2. The lowest BCUT2D eigenvalue weighted by molar-refractivity contribution is -0.148. The maximum Gasteiger partial charge on any atom is 0.302 e. The van der Waals surface area contributed by atoms with Gasteiger partial charge in [-0.3, -0.25) is 14.5 Å². The number of amides is 1. The number of hydrogen-bond donors (Lipinski definition) is 1. The fourth-order valence-electron chi connectivity index (χ4n) is 1.77. The van der Waals surface area contributed by atoms with Crippen LogP contribution in [0.25, 0.3) is 0 Å². The molecule has 5 nitrogen and oxygen atoms in total. The van der Waals surface area contributed by atoms with Crippen LogP contribution in [0.4, 0.5) is 0 Å². The van der Waals surface area contributed by atoms with Gasteiger partial charge < -0.3 is 10.1 Å². The molecule has 0 aromatic heterocycles. The minimum Gasteiger partial charge on any atom is -0.461 e. The van der Waals surface area contributed by atoms with Gasteiger partial charge in [-0.05, 0) is 19.4 Å². The van der Waals surface area contributed by atoms with Crippen LogP contribution in [-0.2, 0) is 14.3 Å². The number of likely N-dealkylation sites (N-methyl/N-ethyl adjacent to an activating group) is 1. The second kappa shape index (κ2) is 5.70. The summed E-state index contributed by atoms with van der Waals surface area (Å²) < 4.78 is 5.12. The smallest absolute Gasteiger partial charge is 0.302 e. The first-order valence-corrected chi connectivity index (χ1v) is 5.22. The molecule has 1 heterocycles. The summed E-state index contributed by atoms with van der Waals surface area (Å²) in [5.41, 5.74) is 0. The highest BCUT2D eigenvalue weighted by atomic mass is 16.5. The van der Waals surface area contributed by atoms with Crippen molar-refractivity contribution >= 4 is 11.9 Å². The molecule has 1 atom stereocenters. The Morgan fingerprint density at radius 2 is 2.27 bits per heavy atom. The van der Waals surface area contributed by atoms with Crippen molar-refractivity contribution in [3.05, 3.63) is 0 Å². The predicted molar refractivity (Wildman–Crippen MR) is 55.3 cm³/mol. The Kier molecular flexibility index (Phi) is 4.55. The third kappa shape index (κ3) is 4.29. The summed E-state index contributed by atoms with van der Waals surface area (Å²) >= 11 is 0. The van der Waals surface area contributed by atoms with E-state index in [9.17, 15) is 9.59 Å². The zero-order valence-corrected chi connectivity index (χ0v) is 9.28. The van der Waals surface area contributed by atoms with E-state index in [1.165, 1.54) is 6.92 Å². The monoisotopic (exact) mass is 214 g/mol. The molecular formula is C10H18N2O3. The first-order valence-electron chi connectivity index (χ1n) is 5.22. The molecule has 1 unspecified atom stereocenters. The molecule has 0 bridgehead atoms. The van der Waals surface area contributed by atoms with Crippen molar-refractivity contribution in [1.82, 2.24) is 10.2 Å². The topological polar surface area (TPSA) is 58.6 Å². The van der Waals surface area contributed by atoms with Gasteiger partial charge in [-0.2, -0.15) is 0 Å². The summed E-state index contributed by atoms with van der Waals surface area (Å²) in [7, 11) is 1.62. The average Bonchev–Trinajstić information content (AvgIpc) is 2.17. The highest BCUT2D eigenvalue weighted by Crippen LogP contribution is 2.12. The summed E-state index contributed by atoms with van der Waals surface area (Å²) in [6.45, 7) is 3.35. The third-order valence-electron chi connectivity index (χ3n) is 2.44. The van der Waals surface area contributed by atoms with Gasteiger partial charge >= 0.3 is 5.97 Å². The summed E-state index contributed by atoms with van der Waals surface area (Å²) in [6, 6.07) is 0. The second-order valence-electron chi connectivity index (χ2n) is 3.78. The Morgan fingerprint density at radius 1 is 1.53 bits per heavy atom. The molecule has 0 aromatic rings. The molecule has 0 radical (unpaired) electrons. The van der Waals surface area contributed by atoms with E-state index in [1.54, 1.807) is 7.05 Å². The van der Waals surface area contributed by atoms with Gasteiger partial charge in [-0.25, -0.2) is 0 Å². The molecular weight excluding hydrogens is 196 g/mol. The SMILES string of the molecule is CNC(=O)CN1CCCC(OC(C)=O)C1. The fraction of sp³-hybridized carbons (Fsp3) is 0.800. The van der Waals surface area contributed by atoms with Gasteiger partial charge in [0.2, 0.25) is 5.91 Å². The number of piperidine rings is 1. The molecule has 86 valence electrons. The van der Waals surface area contributed by atoms with Crippen molar-refractivity contribution in [1.29, 1.82) is 0 Å². The van der Waals surface area contributed by atoms with Gasteiger partial charge in [-0.1, -0.05) is 0 Å². The lowest BCUT2D eigenvalue weighted by Crippen LogP contribution is -2.44. The molecule has 1 saturated heterocycles. The zero-order valence-electron chi connectivity index (χ0n) is 9.28. The van der Waals surface area contributed by atoms with Crippen LogP contribution in [0.1, 0.15) is 19.8 Å². The number of esters is 1. The van der Waals surface area contributed by atoms with E-state index in [2.05, 4.69) is 5.32 Å². The Bertz CT molecular complexity index is 243. The fourth-order valence-corrected chi connectivity index (χ4v) is 1.77. The highest BCUT2D eigenvalue weighted by Gasteiger charge is 2.22. The third-order valence-corrected chi connectivity index (χ3v) is 2.44. The van der Waals surface area contributed by atoms with E-state index < -0.39 is 0 Å². The van der Waals surface area contributed by atoms with E-state index in [-0.39, 0.29) is 18.0 Å². The van der Waals surface area contributed by atoms with Crippen LogP contribution in [0.2, 0.25) is 0 Å². The standard InChI is InChI=1S/C10H18N2O3/c1-8(13)15-9-4-3-5-12(6-9)7-10(14)11-2/h9H,3-7H2,1-2H3,(H,11,14). The number of nitrogens with zero attached hydrogens (tertiary/aromatic N) is 1. The largest absolute Gasteiger partial charge is 0.461 e. The first kappa shape index (κ1) is 12.0.